The zero-order chi connectivity index (χ0) is 15.0. The Kier molecular flexibility index (Phi) is 6.63. The van der Waals surface area contributed by atoms with Crippen molar-refractivity contribution in [3.63, 3.8) is 0 Å². The fourth-order valence-electron chi connectivity index (χ4n) is 1.54. The van der Waals surface area contributed by atoms with Gasteiger partial charge in [0.2, 0.25) is 0 Å². The average molecular weight is 335 g/mol. The van der Waals surface area contributed by atoms with E-state index in [1.807, 2.05) is 12.1 Å². The van der Waals surface area contributed by atoms with Crippen molar-refractivity contribution in [1.82, 2.24) is 0 Å². The molecule has 5 heteroatoms. The molecule has 0 saturated carbocycles. The Morgan fingerprint density at radius 3 is 2.60 bits per heavy atom. The van der Waals surface area contributed by atoms with Gasteiger partial charge in [0, 0.05) is 0 Å². The second-order valence-electron chi connectivity index (χ2n) is 4.02. The van der Waals surface area contributed by atoms with Gasteiger partial charge in [-0.05, 0) is 46.1 Å². The van der Waals surface area contributed by atoms with Crippen LogP contribution in [0.3, 0.4) is 0 Å². The molecule has 4 nitrogen and oxygen atoms in total. The Labute approximate surface area is 127 Å². The first kappa shape index (κ1) is 16.1. The molecule has 0 unspecified atom stereocenters. The lowest BCUT2D eigenvalue weighted by molar-refractivity contribution is 0.286. The summed E-state index contributed by atoms with van der Waals surface area (Å²) in [7, 11) is 1.55. The van der Waals surface area contributed by atoms with Crippen molar-refractivity contribution >= 4 is 22.0 Å². The lowest BCUT2D eigenvalue weighted by Crippen LogP contribution is -2.00. The predicted octanol–water partition coefficient (Wildman–Crippen LogP) is 4.07. The quantitative estimate of drug-likeness (QED) is 0.581. The van der Waals surface area contributed by atoms with Crippen molar-refractivity contribution in [2.75, 3.05) is 13.7 Å². The van der Waals surface area contributed by atoms with Gasteiger partial charge in [0.25, 0.3) is 0 Å². The normalized spacial score (nSPS) is 9.25. The van der Waals surface area contributed by atoms with E-state index >= 15 is 0 Å². The third-order valence-corrected chi connectivity index (χ3v) is 3.14. The molecule has 0 N–H and O–H groups in total. The van der Waals surface area contributed by atoms with Gasteiger partial charge in [0.1, 0.15) is 17.7 Å². The number of nitriles is 2. The van der Waals surface area contributed by atoms with E-state index in [9.17, 15) is 0 Å². The van der Waals surface area contributed by atoms with Crippen LogP contribution in [0.2, 0.25) is 0 Å². The molecule has 0 bridgehead atoms. The highest BCUT2D eigenvalue weighted by molar-refractivity contribution is 9.10. The number of halogens is 1. The van der Waals surface area contributed by atoms with Crippen molar-refractivity contribution in [3.8, 4) is 23.6 Å². The Morgan fingerprint density at radius 1 is 1.35 bits per heavy atom. The predicted molar refractivity (Wildman–Crippen MR) is 80.3 cm³/mol. The first-order valence-electron chi connectivity index (χ1n) is 6.18. The molecule has 0 atom stereocenters. The summed E-state index contributed by atoms with van der Waals surface area (Å²) in [6, 6.07) is 7.18. The van der Waals surface area contributed by atoms with Crippen LogP contribution >= 0.6 is 15.9 Å². The summed E-state index contributed by atoms with van der Waals surface area (Å²) in [4.78, 5) is 0. The zero-order valence-corrected chi connectivity index (χ0v) is 13.0. The summed E-state index contributed by atoms with van der Waals surface area (Å²) in [5.41, 5.74) is 0.744. The SMILES string of the molecule is CCCCOc1c(Br)cc(C=C(C#N)C#N)cc1OC. The van der Waals surface area contributed by atoms with Gasteiger partial charge in [0.15, 0.2) is 11.5 Å². The van der Waals surface area contributed by atoms with Crippen LogP contribution in [0.1, 0.15) is 25.3 Å². The van der Waals surface area contributed by atoms with Crippen molar-refractivity contribution in [1.29, 1.82) is 10.5 Å². The van der Waals surface area contributed by atoms with Crippen LogP contribution in [-0.2, 0) is 0 Å². The first-order chi connectivity index (χ1) is 9.65. The lowest BCUT2D eigenvalue weighted by Gasteiger charge is -2.13. The van der Waals surface area contributed by atoms with Gasteiger partial charge < -0.3 is 9.47 Å². The molecule has 1 rings (SSSR count). The van der Waals surface area contributed by atoms with Gasteiger partial charge in [-0.15, -0.1) is 0 Å². The molecule has 0 aliphatic rings. The van der Waals surface area contributed by atoms with E-state index in [0.717, 1.165) is 17.3 Å². The molecule has 0 aliphatic carbocycles. The van der Waals surface area contributed by atoms with E-state index < -0.39 is 0 Å². The van der Waals surface area contributed by atoms with Gasteiger partial charge in [0.05, 0.1) is 18.2 Å². The minimum atomic E-state index is 0.0404. The Morgan fingerprint density at radius 2 is 2.05 bits per heavy atom. The smallest absolute Gasteiger partial charge is 0.175 e. The minimum absolute atomic E-state index is 0.0404. The molecule has 1 aromatic carbocycles. The highest BCUT2D eigenvalue weighted by Crippen LogP contribution is 2.37. The van der Waals surface area contributed by atoms with Crippen molar-refractivity contribution in [2.45, 2.75) is 19.8 Å². The molecule has 0 heterocycles. The van der Waals surface area contributed by atoms with Crippen LogP contribution < -0.4 is 9.47 Å². The summed E-state index contributed by atoms with van der Waals surface area (Å²) in [5.74, 6) is 1.20. The number of nitrogens with zero attached hydrogens (tertiary/aromatic N) is 2. The summed E-state index contributed by atoms with van der Waals surface area (Å²) in [6.07, 6.45) is 3.52. The summed E-state index contributed by atoms with van der Waals surface area (Å²) in [5, 5.41) is 17.5. The van der Waals surface area contributed by atoms with Gasteiger partial charge in [-0.1, -0.05) is 13.3 Å². The second-order valence-corrected chi connectivity index (χ2v) is 4.87. The maximum atomic E-state index is 8.77. The number of rotatable bonds is 6. The lowest BCUT2D eigenvalue weighted by atomic mass is 10.1. The van der Waals surface area contributed by atoms with Crippen LogP contribution in [0, 0.1) is 22.7 Å². The Bertz CT molecular complexity index is 567. The third kappa shape index (κ3) is 4.29. The molecule has 0 aromatic heterocycles. The van der Waals surface area contributed by atoms with Gasteiger partial charge in [-0.25, -0.2) is 0 Å². The number of allylic oxidation sites excluding steroid dienone is 1. The number of ether oxygens (including phenoxy) is 2. The fraction of sp³-hybridized carbons (Fsp3) is 0.333. The van der Waals surface area contributed by atoms with E-state index in [1.54, 1.807) is 19.2 Å². The number of methoxy groups -OCH3 is 1. The minimum Gasteiger partial charge on any atom is -0.493 e. The fourth-order valence-corrected chi connectivity index (χ4v) is 2.11. The topological polar surface area (TPSA) is 66.0 Å². The molecule has 0 amide bonds. The van der Waals surface area contributed by atoms with E-state index in [1.165, 1.54) is 6.08 Å². The van der Waals surface area contributed by atoms with Crippen molar-refractivity contribution in [2.24, 2.45) is 0 Å². The van der Waals surface area contributed by atoms with Crippen molar-refractivity contribution in [3.05, 3.63) is 27.7 Å². The van der Waals surface area contributed by atoms with Gasteiger partial charge >= 0.3 is 0 Å². The molecule has 1 aromatic rings. The summed E-state index contributed by atoms with van der Waals surface area (Å²) < 4.78 is 11.7. The summed E-state index contributed by atoms with van der Waals surface area (Å²) >= 11 is 3.42. The van der Waals surface area contributed by atoms with E-state index in [4.69, 9.17) is 20.0 Å². The molecular weight excluding hydrogens is 320 g/mol. The second kappa shape index (κ2) is 8.24. The number of hydrogen-bond donors (Lipinski definition) is 0. The Hall–Kier alpha value is -1.98. The Balaban J connectivity index is 3.11. The molecule has 0 radical (unpaired) electrons. The standard InChI is InChI=1S/C15H15BrN2O2/c1-3-4-5-20-15-13(16)7-11(8-14(15)19-2)6-12(9-17)10-18/h6-8H,3-5H2,1-2H3. The molecule has 20 heavy (non-hydrogen) atoms. The third-order valence-electron chi connectivity index (χ3n) is 2.55. The van der Waals surface area contributed by atoms with Crippen LogP contribution in [0.15, 0.2) is 22.2 Å². The van der Waals surface area contributed by atoms with Crippen molar-refractivity contribution < 1.29 is 9.47 Å². The molecule has 104 valence electrons. The molecule has 0 saturated heterocycles. The molecular formula is C15H15BrN2O2. The highest BCUT2D eigenvalue weighted by atomic mass is 79.9. The molecule has 0 spiro atoms. The number of hydrogen-bond acceptors (Lipinski definition) is 4. The molecule has 0 aliphatic heterocycles. The van der Waals surface area contributed by atoms with Crippen LogP contribution in [0.25, 0.3) is 6.08 Å². The van der Waals surface area contributed by atoms with Crippen LogP contribution in [0.4, 0.5) is 0 Å². The van der Waals surface area contributed by atoms with Crippen LogP contribution in [-0.4, -0.2) is 13.7 Å². The van der Waals surface area contributed by atoms with Gasteiger partial charge in [-0.2, -0.15) is 10.5 Å². The van der Waals surface area contributed by atoms with Gasteiger partial charge in [-0.3, -0.25) is 0 Å². The van der Waals surface area contributed by atoms with E-state index in [2.05, 4.69) is 22.9 Å². The number of benzene rings is 1. The summed E-state index contributed by atoms with van der Waals surface area (Å²) in [6.45, 7) is 2.71. The van der Waals surface area contributed by atoms with E-state index in [-0.39, 0.29) is 5.57 Å². The maximum absolute atomic E-state index is 8.77. The molecule has 0 fully saturated rings. The zero-order valence-electron chi connectivity index (χ0n) is 11.4. The van der Waals surface area contributed by atoms with Crippen LogP contribution in [0.5, 0.6) is 11.5 Å². The van der Waals surface area contributed by atoms with E-state index in [0.29, 0.717) is 23.7 Å². The maximum Gasteiger partial charge on any atom is 0.175 e. The highest BCUT2D eigenvalue weighted by Gasteiger charge is 2.11. The number of unbranched alkanes of at least 4 members (excludes halogenated alkanes) is 1. The first-order valence-corrected chi connectivity index (χ1v) is 6.97. The monoisotopic (exact) mass is 334 g/mol. The average Bonchev–Trinajstić information content (AvgIpc) is 2.46. The largest absolute Gasteiger partial charge is 0.493 e.